The Balaban J connectivity index is 1.43. The summed E-state index contributed by atoms with van der Waals surface area (Å²) < 4.78 is 0. The van der Waals surface area contributed by atoms with Gasteiger partial charge in [-0.25, -0.2) is 0 Å². The highest BCUT2D eigenvalue weighted by Gasteiger charge is 2.31. The van der Waals surface area contributed by atoms with Gasteiger partial charge in [0.2, 0.25) is 5.91 Å². The van der Waals surface area contributed by atoms with E-state index in [2.05, 4.69) is 17.3 Å². The van der Waals surface area contributed by atoms with Crippen molar-refractivity contribution in [2.45, 2.75) is 31.7 Å². The first-order valence-electron chi connectivity index (χ1n) is 10.4. The smallest absolute Gasteiger partial charge is 0.254 e. The van der Waals surface area contributed by atoms with Gasteiger partial charge < -0.3 is 15.1 Å². The standard InChI is InChI=1S/C23H29N3O2/c1-25-14-11-19(12-15-25)24-22(27)18-8-5-13-26(16-18)23(28)21-10-4-7-17-6-2-3-9-20(17)21/h2-4,6-7,9-10,18-19H,5,8,11-16H2,1H3,(H,24,27). The lowest BCUT2D eigenvalue weighted by atomic mass is 9.94. The zero-order chi connectivity index (χ0) is 19.5. The number of amides is 2. The van der Waals surface area contributed by atoms with Gasteiger partial charge in [-0.15, -0.1) is 0 Å². The third kappa shape index (κ3) is 4.04. The number of carbonyl (C=O) groups is 2. The Bertz CT molecular complexity index is 853. The molecule has 5 heteroatoms. The van der Waals surface area contributed by atoms with Gasteiger partial charge in [-0.2, -0.15) is 0 Å². The van der Waals surface area contributed by atoms with Crippen molar-refractivity contribution >= 4 is 22.6 Å². The van der Waals surface area contributed by atoms with Crippen LogP contribution in [-0.2, 0) is 4.79 Å². The number of fused-ring (bicyclic) bond motifs is 1. The Morgan fingerprint density at radius 1 is 0.964 bits per heavy atom. The number of nitrogens with one attached hydrogen (secondary N) is 1. The van der Waals surface area contributed by atoms with E-state index in [9.17, 15) is 9.59 Å². The van der Waals surface area contributed by atoms with Crippen molar-refractivity contribution in [2.75, 3.05) is 33.2 Å². The fourth-order valence-corrected chi connectivity index (χ4v) is 4.43. The highest BCUT2D eigenvalue weighted by molar-refractivity contribution is 6.07. The maximum atomic E-state index is 13.2. The molecular weight excluding hydrogens is 350 g/mol. The molecule has 0 saturated carbocycles. The molecule has 2 aromatic carbocycles. The van der Waals surface area contributed by atoms with E-state index in [4.69, 9.17) is 0 Å². The van der Waals surface area contributed by atoms with Crippen molar-refractivity contribution in [3.63, 3.8) is 0 Å². The Morgan fingerprint density at radius 3 is 2.54 bits per heavy atom. The highest BCUT2D eigenvalue weighted by Crippen LogP contribution is 2.24. The molecule has 28 heavy (non-hydrogen) atoms. The average Bonchev–Trinajstić information content (AvgIpc) is 2.74. The Labute approximate surface area is 166 Å². The third-order valence-corrected chi connectivity index (χ3v) is 6.16. The van der Waals surface area contributed by atoms with Crippen LogP contribution in [0.2, 0.25) is 0 Å². The molecule has 2 saturated heterocycles. The predicted molar refractivity (Wildman–Crippen MR) is 111 cm³/mol. The lowest BCUT2D eigenvalue weighted by molar-refractivity contribution is -0.127. The van der Waals surface area contributed by atoms with Crippen LogP contribution in [0, 0.1) is 5.92 Å². The zero-order valence-corrected chi connectivity index (χ0v) is 16.6. The molecule has 1 unspecified atom stereocenters. The van der Waals surface area contributed by atoms with Crippen molar-refractivity contribution in [3.05, 3.63) is 48.0 Å². The number of carbonyl (C=O) groups excluding carboxylic acids is 2. The first kappa shape index (κ1) is 18.9. The normalized spacial score (nSPS) is 21.6. The zero-order valence-electron chi connectivity index (χ0n) is 16.6. The summed E-state index contributed by atoms with van der Waals surface area (Å²) in [5, 5.41) is 5.29. The average molecular weight is 380 g/mol. The molecule has 0 spiro atoms. The fraction of sp³-hybridized carbons (Fsp3) is 0.478. The van der Waals surface area contributed by atoms with E-state index < -0.39 is 0 Å². The van der Waals surface area contributed by atoms with Crippen LogP contribution in [0.4, 0.5) is 0 Å². The molecule has 2 heterocycles. The van der Waals surface area contributed by atoms with Gasteiger partial charge in [-0.3, -0.25) is 9.59 Å². The van der Waals surface area contributed by atoms with Crippen LogP contribution in [0.25, 0.3) is 10.8 Å². The molecule has 0 aromatic heterocycles. The number of rotatable bonds is 3. The van der Waals surface area contributed by atoms with Gasteiger partial charge in [0.25, 0.3) is 5.91 Å². The van der Waals surface area contributed by atoms with Crippen molar-refractivity contribution in [3.8, 4) is 0 Å². The lowest BCUT2D eigenvalue weighted by Crippen LogP contribution is -2.49. The van der Waals surface area contributed by atoms with Crippen LogP contribution in [0.15, 0.2) is 42.5 Å². The fourth-order valence-electron chi connectivity index (χ4n) is 4.43. The molecule has 2 fully saturated rings. The SMILES string of the molecule is CN1CCC(NC(=O)C2CCCN(C(=O)c3cccc4ccccc34)C2)CC1. The van der Waals surface area contributed by atoms with Gasteiger partial charge in [0.15, 0.2) is 0 Å². The van der Waals surface area contributed by atoms with E-state index in [-0.39, 0.29) is 23.8 Å². The summed E-state index contributed by atoms with van der Waals surface area (Å²) in [6.45, 7) is 3.29. The summed E-state index contributed by atoms with van der Waals surface area (Å²) in [6, 6.07) is 14.1. The molecule has 0 bridgehead atoms. The summed E-state index contributed by atoms with van der Waals surface area (Å²) in [7, 11) is 2.12. The third-order valence-electron chi connectivity index (χ3n) is 6.16. The van der Waals surface area contributed by atoms with E-state index in [1.54, 1.807) is 0 Å². The molecule has 1 atom stereocenters. The quantitative estimate of drug-likeness (QED) is 0.892. The van der Waals surface area contributed by atoms with E-state index in [0.29, 0.717) is 6.54 Å². The van der Waals surface area contributed by atoms with Crippen LogP contribution in [0.3, 0.4) is 0 Å². The molecule has 2 amide bonds. The van der Waals surface area contributed by atoms with Gasteiger partial charge in [-0.1, -0.05) is 36.4 Å². The van der Waals surface area contributed by atoms with E-state index in [1.807, 2.05) is 47.4 Å². The van der Waals surface area contributed by atoms with Crippen molar-refractivity contribution in [1.82, 2.24) is 15.1 Å². The number of likely N-dealkylation sites (tertiary alicyclic amines) is 2. The van der Waals surface area contributed by atoms with Crippen molar-refractivity contribution in [2.24, 2.45) is 5.92 Å². The van der Waals surface area contributed by atoms with E-state index >= 15 is 0 Å². The summed E-state index contributed by atoms with van der Waals surface area (Å²) in [5.41, 5.74) is 0.731. The van der Waals surface area contributed by atoms with E-state index in [1.165, 1.54) is 0 Å². The highest BCUT2D eigenvalue weighted by atomic mass is 16.2. The number of nitrogens with zero attached hydrogens (tertiary/aromatic N) is 2. The molecule has 2 aliphatic heterocycles. The first-order valence-corrected chi connectivity index (χ1v) is 10.4. The Hall–Kier alpha value is -2.40. The number of hydrogen-bond acceptors (Lipinski definition) is 3. The second-order valence-electron chi connectivity index (χ2n) is 8.20. The van der Waals surface area contributed by atoms with Gasteiger partial charge in [-0.05, 0) is 62.7 Å². The number of piperidine rings is 2. The largest absolute Gasteiger partial charge is 0.353 e. The monoisotopic (exact) mass is 379 g/mol. The molecular formula is C23H29N3O2. The lowest BCUT2D eigenvalue weighted by Gasteiger charge is -2.34. The van der Waals surface area contributed by atoms with Crippen molar-refractivity contribution < 1.29 is 9.59 Å². The van der Waals surface area contributed by atoms with Crippen LogP contribution < -0.4 is 5.32 Å². The van der Waals surface area contributed by atoms with Crippen LogP contribution in [-0.4, -0.2) is 60.9 Å². The summed E-state index contributed by atoms with van der Waals surface area (Å²) in [5.74, 6) is 0.0471. The second-order valence-corrected chi connectivity index (χ2v) is 8.20. The minimum absolute atomic E-state index is 0.0357. The molecule has 2 aliphatic rings. The first-order chi connectivity index (χ1) is 13.6. The summed E-state index contributed by atoms with van der Waals surface area (Å²) >= 11 is 0. The Kier molecular flexibility index (Phi) is 5.62. The molecule has 148 valence electrons. The molecule has 0 aliphatic carbocycles. The van der Waals surface area contributed by atoms with Crippen molar-refractivity contribution in [1.29, 1.82) is 0 Å². The van der Waals surface area contributed by atoms with Gasteiger partial charge in [0, 0.05) is 24.7 Å². The topological polar surface area (TPSA) is 52.7 Å². The molecule has 1 N–H and O–H groups in total. The predicted octanol–water partition coefficient (Wildman–Crippen LogP) is 2.90. The molecule has 4 rings (SSSR count). The van der Waals surface area contributed by atoms with Crippen LogP contribution in [0.5, 0.6) is 0 Å². The minimum atomic E-state index is -0.104. The molecule has 5 nitrogen and oxygen atoms in total. The van der Waals surface area contributed by atoms with Crippen LogP contribution >= 0.6 is 0 Å². The van der Waals surface area contributed by atoms with Crippen LogP contribution in [0.1, 0.15) is 36.0 Å². The number of benzene rings is 2. The molecule has 2 aromatic rings. The van der Waals surface area contributed by atoms with Gasteiger partial charge >= 0.3 is 0 Å². The maximum Gasteiger partial charge on any atom is 0.254 e. The van der Waals surface area contributed by atoms with E-state index in [0.717, 1.165) is 61.7 Å². The summed E-state index contributed by atoms with van der Waals surface area (Å²) in [6.07, 6.45) is 3.75. The Morgan fingerprint density at radius 2 is 1.71 bits per heavy atom. The second kappa shape index (κ2) is 8.31. The molecule has 0 radical (unpaired) electrons. The van der Waals surface area contributed by atoms with Gasteiger partial charge in [0.1, 0.15) is 0 Å². The number of hydrogen-bond donors (Lipinski definition) is 1. The van der Waals surface area contributed by atoms with Gasteiger partial charge in [0.05, 0.1) is 5.92 Å². The minimum Gasteiger partial charge on any atom is -0.353 e. The maximum absolute atomic E-state index is 13.2. The summed E-state index contributed by atoms with van der Waals surface area (Å²) in [4.78, 5) is 30.2.